The van der Waals surface area contributed by atoms with Gasteiger partial charge in [0.2, 0.25) is 6.79 Å². The number of ether oxygens (including phenoxy) is 2. The van der Waals surface area contributed by atoms with Crippen LogP contribution in [0.5, 0.6) is 0 Å². The first kappa shape index (κ1) is 20.9. The molecule has 0 aliphatic carbocycles. The molecule has 0 saturated carbocycles. The Kier molecular flexibility index (Phi) is 16.3. The molecule has 7 heteroatoms. The maximum atomic E-state index is 10.3. The van der Waals surface area contributed by atoms with Crippen LogP contribution in [-0.4, -0.2) is 56.9 Å². The monoisotopic (exact) mass is 288 g/mol. The third kappa shape index (κ3) is 16.6. The van der Waals surface area contributed by atoms with Gasteiger partial charge in [0.05, 0.1) is 5.76 Å². The molecule has 0 amide bonds. The van der Waals surface area contributed by atoms with Gasteiger partial charge < -0.3 is 26.7 Å². The van der Waals surface area contributed by atoms with Crippen molar-refractivity contribution in [2.24, 2.45) is 17.2 Å². The van der Waals surface area contributed by atoms with Crippen molar-refractivity contribution in [1.29, 1.82) is 0 Å². The standard InChI is InChI=1S/C7H10O3.C6H18N4/c1-4-7(8)10-5-9-6(2)3;7-1-4-10(5-2-8)6-3-9/h4H,1-2,5H2,3H3;1-9H2. The van der Waals surface area contributed by atoms with Crippen LogP contribution in [0.4, 0.5) is 0 Å². The van der Waals surface area contributed by atoms with Crippen molar-refractivity contribution in [3.05, 3.63) is 25.0 Å². The molecule has 0 heterocycles. The maximum Gasteiger partial charge on any atom is 0.333 e. The van der Waals surface area contributed by atoms with Gasteiger partial charge in [-0.3, -0.25) is 4.90 Å². The van der Waals surface area contributed by atoms with E-state index in [-0.39, 0.29) is 6.79 Å². The largest absolute Gasteiger partial charge is 0.463 e. The highest BCUT2D eigenvalue weighted by Gasteiger charge is 1.98. The Morgan fingerprint density at radius 2 is 1.55 bits per heavy atom. The highest BCUT2D eigenvalue weighted by molar-refractivity contribution is 5.81. The molecule has 6 N–H and O–H groups in total. The molecule has 0 atom stereocenters. The summed E-state index contributed by atoms with van der Waals surface area (Å²) in [5, 5.41) is 0. The first-order chi connectivity index (χ1) is 9.51. The van der Waals surface area contributed by atoms with Crippen molar-refractivity contribution in [1.82, 2.24) is 4.90 Å². The second-order valence-electron chi connectivity index (χ2n) is 3.84. The summed E-state index contributed by atoms with van der Waals surface area (Å²) in [7, 11) is 0. The predicted molar refractivity (Wildman–Crippen MR) is 80.7 cm³/mol. The fourth-order valence-electron chi connectivity index (χ4n) is 1.13. The van der Waals surface area contributed by atoms with Gasteiger partial charge in [0.25, 0.3) is 0 Å². The number of rotatable bonds is 10. The Morgan fingerprint density at radius 3 is 1.85 bits per heavy atom. The van der Waals surface area contributed by atoms with E-state index in [2.05, 4.69) is 22.8 Å². The lowest BCUT2D eigenvalue weighted by Gasteiger charge is -2.18. The average molecular weight is 288 g/mol. The van der Waals surface area contributed by atoms with Crippen LogP contribution >= 0.6 is 0 Å². The van der Waals surface area contributed by atoms with E-state index in [0.29, 0.717) is 25.4 Å². The molecule has 0 spiro atoms. The third-order valence-corrected chi connectivity index (χ3v) is 2.01. The third-order valence-electron chi connectivity index (χ3n) is 2.01. The Hall–Kier alpha value is -1.41. The minimum atomic E-state index is -0.499. The number of carbonyl (C=O) groups is 1. The lowest BCUT2D eigenvalue weighted by molar-refractivity contribution is -0.147. The summed E-state index contributed by atoms with van der Waals surface area (Å²) in [6.45, 7) is 12.9. The number of carbonyl (C=O) groups excluding carboxylic acids is 1. The fourth-order valence-corrected chi connectivity index (χ4v) is 1.13. The number of allylic oxidation sites excluding steroid dienone is 1. The molecular weight excluding hydrogens is 260 g/mol. The molecule has 20 heavy (non-hydrogen) atoms. The molecule has 0 rings (SSSR count). The van der Waals surface area contributed by atoms with E-state index < -0.39 is 5.97 Å². The topological polar surface area (TPSA) is 117 Å². The lowest BCUT2D eigenvalue weighted by Crippen LogP contribution is -2.37. The Morgan fingerprint density at radius 1 is 1.10 bits per heavy atom. The van der Waals surface area contributed by atoms with Crippen LogP contribution in [0.15, 0.2) is 25.0 Å². The van der Waals surface area contributed by atoms with Crippen molar-refractivity contribution < 1.29 is 14.3 Å². The van der Waals surface area contributed by atoms with E-state index in [0.717, 1.165) is 25.7 Å². The molecule has 118 valence electrons. The van der Waals surface area contributed by atoms with Crippen LogP contribution in [0.25, 0.3) is 0 Å². The van der Waals surface area contributed by atoms with Gasteiger partial charge >= 0.3 is 5.97 Å². The quantitative estimate of drug-likeness (QED) is 0.212. The number of nitrogens with zero attached hydrogens (tertiary/aromatic N) is 1. The normalized spacial score (nSPS) is 9.45. The summed E-state index contributed by atoms with van der Waals surface area (Å²) in [6.07, 6.45) is 1.07. The molecule has 0 radical (unpaired) electrons. The van der Waals surface area contributed by atoms with E-state index >= 15 is 0 Å². The van der Waals surface area contributed by atoms with Gasteiger partial charge in [-0.2, -0.15) is 0 Å². The van der Waals surface area contributed by atoms with Crippen molar-refractivity contribution in [3.63, 3.8) is 0 Å². The number of nitrogens with two attached hydrogens (primary N) is 3. The van der Waals surface area contributed by atoms with E-state index in [1.54, 1.807) is 6.92 Å². The molecule has 0 aromatic heterocycles. The van der Waals surface area contributed by atoms with Gasteiger partial charge in [-0.1, -0.05) is 13.2 Å². The lowest BCUT2D eigenvalue weighted by atomic mass is 10.4. The van der Waals surface area contributed by atoms with Gasteiger partial charge in [0, 0.05) is 45.3 Å². The smallest absolute Gasteiger partial charge is 0.333 e. The molecule has 0 aromatic rings. The van der Waals surface area contributed by atoms with Gasteiger partial charge in [0.15, 0.2) is 0 Å². The molecule has 0 bridgehead atoms. The van der Waals surface area contributed by atoms with E-state index in [9.17, 15) is 4.79 Å². The zero-order valence-corrected chi connectivity index (χ0v) is 12.3. The molecule has 0 unspecified atom stereocenters. The molecule has 0 aromatic carbocycles. The summed E-state index contributed by atoms with van der Waals surface area (Å²) in [4.78, 5) is 12.5. The SMILES string of the molecule is C=CC(=O)OCOC(=C)C.NCCN(CCN)CCN. The maximum absolute atomic E-state index is 10.3. The van der Waals surface area contributed by atoms with Crippen molar-refractivity contribution in [2.45, 2.75) is 6.92 Å². The summed E-state index contributed by atoms with van der Waals surface area (Å²) >= 11 is 0. The van der Waals surface area contributed by atoms with Gasteiger partial charge in [0.1, 0.15) is 0 Å². The van der Waals surface area contributed by atoms with Gasteiger partial charge in [-0.25, -0.2) is 4.79 Å². The van der Waals surface area contributed by atoms with Crippen LogP contribution in [-0.2, 0) is 14.3 Å². The second kappa shape index (κ2) is 15.6. The Labute approximate surface area is 121 Å². The van der Waals surface area contributed by atoms with Crippen LogP contribution in [0.2, 0.25) is 0 Å². The van der Waals surface area contributed by atoms with Crippen molar-refractivity contribution in [3.8, 4) is 0 Å². The van der Waals surface area contributed by atoms with E-state index in [1.165, 1.54) is 0 Å². The van der Waals surface area contributed by atoms with Crippen molar-refractivity contribution >= 4 is 5.97 Å². The predicted octanol–water partition coefficient (Wildman–Crippen LogP) is -0.612. The van der Waals surface area contributed by atoms with Crippen molar-refractivity contribution in [2.75, 3.05) is 46.1 Å². The molecule has 0 fully saturated rings. The average Bonchev–Trinajstić information content (AvgIpc) is 2.40. The molecule has 0 saturated heterocycles. The second-order valence-corrected chi connectivity index (χ2v) is 3.84. The first-order valence-electron chi connectivity index (χ1n) is 6.41. The Balaban J connectivity index is 0. The summed E-state index contributed by atoms with van der Waals surface area (Å²) < 4.78 is 9.19. The fraction of sp³-hybridized carbons (Fsp3) is 0.615. The van der Waals surface area contributed by atoms with Crippen LogP contribution in [0.1, 0.15) is 6.92 Å². The minimum Gasteiger partial charge on any atom is -0.463 e. The van der Waals surface area contributed by atoms with E-state index in [4.69, 9.17) is 21.9 Å². The zero-order chi connectivity index (χ0) is 15.8. The highest BCUT2D eigenvalue weighted by atomic mass is 16.7. The molecule has 7 nitrogen and oxygen atoms in total. The van der Waals surface area contributed by atoms with Gasteiger partial charge in [-0.15, -0.1) is 0 Å². The minimum absolute atomic E-state index is 0.0970. The summed E-state index contributed by atoms with van der Waals surface area (Å²) in [5.74, 6) is 0.0121. The van der Waals surface area contributed by atoms with E-state index in [1.807, 2.05) is 0 Å². The van der Waals surface area contributed by atoms with Gasteiger partial charge in [-0.05, 0) is 6.92 Å². The van der Waals surface area contributed by atoms with Crippen LogP contribution in [0.3, 0.4) is 0 Å². The summed E-state index contributed by atoms with van der Waals surface area (Å²) in [6, 6.07) is 0. The zero-order valence-electron chi connectivity index (χ0n) is 12.3. The highest BCUT2D eigenvalue weighted by Crippen LogP contribution is 1.90. The molecular formula is C13H28N4O3. The number of hydrogen-bond acceptors (Lipinski definition) is 7. The molecule has 0 aliphatic rings. The first-order valence-corrected chi connectivity index (χ1v) is 6.41. The Bertz CT molecular complexity index is 258. The number of hydrogen-bond donors (Lipinski definition) is 3. The number of esters is 1. The molecule has 0 aliphatic heterocycles. The van der Waals surface area contributed by atoms with Crippen LogP contribution < -0.4 is 17.2 Å². The van der Waals surface area contributed by atoms with Crippen LogP contribution in [0, 0.1) is 0 Å². The summed E-state index contributed by atoms with van der Waals surface area (Å²) in [5.41, 5.74) is 16.1.